The third-order valence-electron chi connectivity index (χ3n) is 3.62. The maximum Gasteiger partial charge on any atom is 0.131 e. The Morgan fingerprint density at radius 3 is 2.89 bits per heavy atom. The summed E-state index contributed by atoms with van der Waals surface area (Å²) in [5.74, 6) is -0.349. The first-order chi connectivity index (χ1) is 9.13. The third-order valence-corrected chi connectivity index (χ3v) is 3.62. The molecule has 1 saturated heterocycles. The Hall–Kier alpha value is -1.13. The lowest BCUT2D eigenvalue weighted by molar-refractivity contribution is 0.115. The van der Waals surface area contributed by atoms with Crippen LogP contribution in [0.3, 0.4) is 0 Å². The highest BCUT2D eigenvalue weighted by molar-refractivity contribution is 5.55. The lowest BCUT2D eigenvalue weighted by Crippen LogP contribution is -2.33. The van der Waals surface area contributed by atoms with Gasteiger partial charge in [-0.2, -0.15) is 0 Å². The molecule has 1 aliphatic heterocycles. The molecule has 3 nitrogen and oxygen atoms in total. The molecule has 1 fully saturated rings. The summed E-state index contributed by atoms with van der Waals surface area (Å²) in [7, 11) is 0. The summed E-state index contributed by atoms with van der Waals surface area (Å²) >= 11 is 0. The standard InChI is InChI=1S/C15H22FNO2/c1-3-17(10-12-6-5-9-19-12)14-8-4-7-13(16)15(14)11(2)18/h4,7-8,11-12,18H,3,5-6,9-10H2,1-2H3/t11-,12?/m1/s1. The molecule has 0 amide bonds. The van der Waals surface area contributed by atoms with Gasteiger partial charge in [-0.25, -0.2) is 4.39 Å². The van der Waals surface area contributed by atoms with Crippen LogP contribution in [0.5, 0.6) is 0 Å². The Labute approximate surface area is 114 Å². The minimum atomic E-state index is -0.810. The molecule has 19 heavy (non-hydrogen) atoms. The van der Waals surface area contributed by atoms with Crippen molar-refractivity contribution in [2.24, 2.45) is 0 Å². The number of likely N-dealkylation sites (N-methyl/N-ethyl adjacent to an activating group) is 1. The Bertz CT molecular complexity index is 417. The molecule has 0 aromatic heterocycles. The molecule has 0 radical (unpaired) electrons. The summed E-state index contributed by atoms with van der Waals surface area (Å²) in [6.07, 6.45) is 1.55. The molecule has 2 rings (SSSR count). The molecule has 106 valence electrons. The number of nitrogens with zero attached hydrogens (tertiary/aromatic N) is 1. The molecule has 0 bridgehead atoms. The summed E-state index contributed by atoms with van der Waals surface area (Å²) in [6, 6.07) is 4.95. The molecule has 0 spiro atoms. The number of aliphatic hydroxyl groups excluding tert-OH is 1. The van der Waals surface area contributed by atoms with Crippen LogP contribution in [0.2, 0.25) is 0 Å². The second-order valence-electron chi connectivity index (χ2n) is 5.02. The summed E-state index contributed by atoms with van der Waals surface area (Å²) in [5, 5.41) is 9.79. The van der Waals surface area contributed by atoms with Crippen LogP contribution in [0.15, 0.2) is 18.2 Å². The van der Waals surface area contributed by atoms with E-state index in [4.69, 9.17) is 4.74 Å². The predicted molar refractivity (Wildman–Crippen MR) is 73.9 cm³/mol. The van der Waals surface area contributed by atoms with Gasteiger partial charge < -0.3 is 14.7 Å². The highest BCUT2D eigenvalue weighted by atomic mass is 19.1. The molecule has 2 atom stereocenters. The van der Waals surface area contributed by atoms with E-state index in [-0.39, 0.29) is 11.9 Å². The summed E-state index contributed by atoms with van der Waals surface area (Å²) in [5.41, 5.74) is 1.15. The molecule has 1 aromatic rings. The maximum absolute atomic E-state index is 13.9. The Morgan fingerprint density at radius 1 is 1.53 bits per heavy atom. The van der Waals surface area contributed by atoms with Gasteiger partial charge in [-0.15, -0.1) is 0 Å². The molecule has 0 aliphatic carbocycles. The third kappa shape index (κ3) is 3.25. The van der Waals surface area contributed by atoms with E-state index in [0.717, 1.165) is 38.2 Å². The van der Waals surface area contributed by atoms with E-state index >= 15 is 0 Å². The van der Waals surface area contributed by atoms with Crippen LogP contribution in [0.25, 0.3) is 0 Å². The smallest absolute Gasteiger partial charge is 0.131 e. The lowest BCUT2D eigenvalue weighted by Gasteiger charge is -2.29. The largest absolute Gasteiger partial charge is 0.389 e. The summed E-state index contributed by atoms with van der Waals surface area (Å²) in [4.78, 5) is 2.08. The van der Waals surface area contributed by atoms with Gasteiger partial charge in [-0.3, -0.25) is 0 Å². The van der Waals surface area contributed by atoms with Crippen molar-refractivity contribution in [2.45, 2.75) is 38.9 Å². The number of rotatable bonds is 5. The number of aliphatic hydroxyl groups is 1. The van der Waals surface area contributed by atoms with Gasteiger partial charge in [0.25, 0.3) is 0 Å². The first-order valence-corrected chi connectivity index (χ1v) is 6.96. The van der Waals surface area contributed by atoms with Crippen LogP contribution >= 0.6 is 0 Å². The van der Waals surface area contributed by atoms with Crippen LogP contribution in [0.4, 0.5) is 10.1 Å². The van der Waals surface area contributed by atoms with E-state index in [1.54, 1.807) is 13.0 Å². The van der Waals surface area contributed by atoms with Gasteiger partial charge in [0, 0.05) is 30.9 Å². The fourth-order valence-corrected chi connectivity index (χ4v) is 2.65. The van der Waals surface area contributed by atoms with E-state index in [0.29, 0.717) is 5.56 Å². The van der Waals surface area contributed by atoms with E-state index in [1.165, 1.54) is 6.07 Å². The van der Waals surface area contributed by atoms with Crippen LogP contribution in [-0.4, -0.2) is 30.9 Å². The second-order valence-corrected chi connectivity index (χ2v) is 5.02. The topological polar surface area (TPSA) is 32.7 Å². The van der Waals surface area contributed by atoms with Crippen LogP contribution < -0.4 is 4.90 Å². The first kappa shape index (κ1) is 14.3. The minimum absolute atomic E-state index is 0.213. The number of benzene rings is 1. The van der Waals surface area contributed by atoms with Gasteiger partial charge in [-0.05, 0) is 38.8 Å². The second kappa shape index (κ2) is 6.35. The molecule has 1 N–H and O–H groups in total. The maximum atomic E-state index is 13.9. The van der Waals surface area contributed by atoms with Gasteiger partial charge in [-0.1, -0.05) is 6.07 Å². The van der Waals surface area contributed by atoms with Crippen molar-refractivity contribution in [1.82, 2.24) is 0 Å². The zero-order valence-corrected chi connectivity index (χ0v) is 11.6. The zero-order valence-electron chi connectivity index (χ0n) is 11.6. The van der Waals surface area contributed by atoms with Crippen LogP contribution in [-0.2, 0) is 4.74 Å². The van der Waals surface area contributed by atoms with E-state index in [2.05, 4.69) is 4.90 Å². The van der Waals surface area contributed by atoms with Crippen molar-refractivity contribution in [3.8, 4) is 0 Å². The van der Waals surface area contributed by atoms with E-state index in [1.807, 2.05) is 13.0 Å². The number of anilines is 1. The molecular weight excluding hydrogens is 245 g/mol. The van der Waals surface area contributed by atoms with Gasteiger partial charge in [0.15, 0.2) is 0 Å². The number of ether oxygens (including phenoxy) is 1. The van der Waals surface area contributed by atoms with Crippen molar-refractivity contribution in [1.29, 1.82) is 0 Å². The number of halogens is 1. The van der Waals surface area contributed by atoms with Crippen molar-refractivity contribution in [3.05, 3.63) is 29.6 Å². The molecule has 1 aromatic carbocycles. The Morgan fingerprint density at radius 2 is 2.32 bits per heavy atom. The number of hydrogen-bond donors (Lipinski definition) is 1. The molecule has 0 saturated carbocycles. The predicted octanol–water partition coefficient (Wildman–Crippen LogP) is 2.88. The fourth-order valence-electron chi connectivity index (χ4n) is 2.65. The average molecular weight is 267 g/mol. The van der Waals surface area contributed by atoms with E-state index in [9.17, 15) is 9.50 Å². The first-order valence-electron chi connectivity index (χ1n) is 6.96. The van der Waals surface area contributed by atoms with Crippen molar-refractivity contribution in [3.63, 3.8) is 0 Å². The summed E-state index contributed by atoms with van der Waals surface area (Å²) in [6.45, 7) is 5.96. The Kier molecular flexibility index (Phi) is 4.77. The monoisotopic (exact) mass is 267 g/mol. The quantitative estimate of drug-likeness (QED) is 0.890. The van der Waals surface area contributed by atoms with Crippen molar-refractivity contribution in [2.75, 3.05) is 24.6 Å². The molecule has 1 unspecified atom stereocenters. The molecular formula is C15H22FNO2. The van der Waals surface area contributed by atoms with Gasteiger partial charge in [0.2, 0.25) is 0 Å². The van der Waals surface area contributed by atoms with Crippen molar-refractivity contribution < 1.29 is 14.2 Å². The SMILES string of the molecule is CCN(CC1CCCO1)c1cccc(F)c1[C@@H](C)O. The van der Waals surface area contributed by atoms with Crippen molar-refractivity contribution >= 4 is 5.69 Å². The fraction of sp³-hybridized carbons (Fsp3) is 0.600. The van der Waals surface area contributed by atoms with Crippen LogP contribution in [0.1, 0.15) is 38.4 Å². The van der Waals surface area contributed by atoms with Gasteiger partial charge in [0.05, 0.1) is 12.2 Å². The van der Waals surface area contributed by atoms with Gasteiger partial charge >= 0.3 is 0 Å². The highest BCUT2D eigenvalue weighted by Gasteiger charge is 2.22. The Balaban J connectivity index is 2.24. The normalized spacial score (nSPS) is 20.5. The average Bonchev–Trinajstić information content (AvgIpc) is 2.88. The zero-order chi connectivity index (χ0) is 13.8. The molecule has 1 heterocycles. The molecule has 1 aliphatic rings. The van der Waals surface area contributed by atoms with Gasteiger partial charge in [0.1, 0.15) is 5.82 Å². The number of hydrogen-bond acceptors (Lipinski definition) is 3. The summed E-state index contributed by atoms with van der Waals surface area (Å²) < 4.78 is 19.5. The van der Waals surface area contributed by atoms with E-state index < -0.39 is 6.10 Å². The minimum Gasteiger partial charge on any atom is -0.389 e. The highest BCUT2D eigenvalue weighted by Crippen LogP contribution is 2.29. The van der Waals surface area contributed by atoms with Crippen LogP contribution in [0, 0.1) is 5.82 Å². The lowest BCUT2D eigenvalue weighted by atomic mass is 10.1. The molecule has 4 heteroatoms.